The van der Waals surface area contributed by atoms with Crippen LogP contribution in [0.1, 0.15) is 15.9 Å². The molecule has 0 aliphatic carbocycles. The number of fused-ring (bicyclic) bond motifs is 1. The van der Waals surface area contributed by atoms with Crippen LogP contribution in [0.25, 0.3) is 6.08 Å². The number of amides is 1. The topological polar surface area (TPSA) is 73.9 Å². The van der Waals surface area contributed by atoms with Crippen LogP contribution in [0.5, 0.6) is 17.2 Å². The molecule has 1 amide bonds. The Morgan fingerprint density at radius 3 is 2.55 bits per heavy atom. The Balaban J connectivity index is 1.82. The van der Waals surface area contributed by atoms with E-state index in [2.05, 4.69) is 14.8 Å². The molecule has 6 nitrogen and oxygen atoms in total. The fourth-order valence-electron chi connectivity index (χ4n) is 2.52. The lowest BCUT2D eigenvalue weighted by molar-refractivity contribution is -0.118. The van der Waals surface area contributed by atoms with E-state index < -0.39 is 24.8 Å². The second kappa shape index (κ2) is 8.63. The molecule has 0 saturated heterocycles. The van der Waals surface area contributed by atoms with Gasteiger partial charge in [-0.1, -0.05) is 0 Å². The standard InChI is InChI=1S/C19H13F4NO5/c20-18(21)28-12-4-1-10(16(8-12)29-19(22)23)2-5-14(25)11-3-6-15-13(7-11)24-17(26)9-27-15/h1-8,18-19H,9H2,(H,24,26). The fourth-order valence-corrected chi connectivity index (χ4v) is 2.52. The predicted molar refractivity (Wildman–Crippen MR) is 93.6 cm³/mol. The molecule has 0 spiro atoms. The third kappa shape index (κ3) is 5.24. The molecule has 3 rings (SSSR count). The molecule has 0 fully saturated rings. The minimum Gasteiger partial charge on any atom is -0.482 e. The average molecular weight is 411 g/mol. The van der Waals surface area contributed by atoms with Crippen LogP contribution in [-0.2, 0) is 4.79 Å². The molecule has 2 aromatic carbocycles. The van der Waals surface area contributed by atoms with Gasteiger partial charge in [-0.2, -0.15) is 17.6 Å². The Morgan fingerprint density at radius 2 is 1.83 bits per heavy atom. The number of rotatable bonds is 7. The second-order valence-corrected chi connectivity index (χ2v) is 5.70. The number of hydrogen-bond donors (Lipinski definition) is 1. The lowest BCUT2D eigenvalue weighted by Gasteiger charge is -2.18. The van der Waals surface area contributed by atoms with Crippen molar-refractivity contribution >= 4 is 23.5 Å². The number of ether oxygens (including phenoxy) is 3. The highest BCUT2D eigenvalue weighted by Gasteiger charge is 2.17. The summed E-state index contributed by atoms with van der Waals surface area (Å²) in [6, 6.07) is 7.58. The number of benzene rings is 2. The van der Waals surface area contributed by atoms with Crippen molar-refractivity contribution in [3.63, 3.8) is 0 Å². The van der Waals surface area contributed by atoms with E-state index in [1.807, 2.05) is 0 Å². The lowest BCUT2D eigenvalue weighted by atomic mass is 10.1. The Kier molecular flexibility index (Phi) is 6.01. The van der Waals surface area contributed by atoms with Crippen LogP contribution in [0.4, 0.5) is 23.2 Å². The van der Waals surface area contributed by atoms with Crippen LogP contribution < -0.4 is 19.5 Å². The number of alkyl halides is 4. The molecule has 0 bridgehead atoms. The maximum Gasteiger partial charge on any atom is 0.387 e. The zero-order valence-corrected chi connectivity index (χ0v) is 14.5. The van der Waals surface area contributed by atoms with Crippen LogP contribution in [0.3, 0.4) is 0 Å². The number of allylic oxidation sites excluding steroid dienone is 1. The maximum absolute atomic E-state index is 12.6. The van der Waals surface area contributed by atoms with E-state index in [4.69, 9.17) is 4.74 Å². The fraction of sp³-hybridized carbons (Fsp3) is 0.158. The van der Waals surface area contributed by atoms with E-state index in [9.17, 15) is 27.2 Å². The van der Waals surface area contributed by atoms with E-state index in [0.717, 1.165) is 18.2 Å². The highest BCUT2D eigenvalue weighted by molar-refractivity contribution is 6.08. The first-order valence-electron chi connectivity index (χ1n) is 8.14. The van der Waals surface area contributed by atoms with Crippen molar-refractivity contribution in [1.29, 1.82) is 0 Å². The van der Waals surface area contributed by atoms with Crippen molar-refractivity contribution in [2.45, 2.75) is 13.2 Å². The molecule has 152 valence electrons. The lowest BCUT2D eigenvalue weighted by Crippen LogP contribution is -2.25. The Morgan fingerprint density at radius 1 is 1.07 bits per heavy atom. The van der Waals surface area contributed by atoms with Gasteiger partial charge in [-0.15, -0.1) is 0 Å². The van der Waals surface area contributed by atoms with Gasteiger partial charge in [0.05, 0.1) is 5.69 Å². The van der Waals surface area contributed by atoms with Crippen molar-refractivity contribution in [2.24, 2.45) is 0 Å². The molecule has 0 radical (unpaired) electrons. The molecule has 10 heteroatoms. The average Bonchev–Trinajstić information content (AvgIpc) is 2.65. The quantitative estimate of drug-likeness (QED) is 0.422. The van der Waals surface area contributed by atoms with Gasteiger partial charge in [0, 0.05) is 17.2 Å². The molecule has 1 aliphatic rings. The number of halogens is 4. The molecule has 0 aromatic heterocycles. The van der Waals surface area contributed by atoms with Crippen molar-refractivity contribution in [3.8, 4) is 17.2 Å². The third-order valence-electron chi connectivity index (χ3n) is 3.74. The van der Waals surface area contributed by atoms with E-state index in [0.29, 0.717) is 11.4 Å². The maximum atomic E-state index is 12.6. The van der Waals surface area contributed by atoms with Gasteiger partial charge in [-0.25, -0.2) is 0 Å². The van der Waals surface area contributed by atoms with Gasteiger partial charge >= 0.3 is 13.2 Å². The van der Waals surface area contributed by atoms with Crippen LogP contribution >= 0.6 is 0 Å². The number of anilines is 1. The van der Waals surface area contributed by atoms with Gasteiger partial charge in [0.15, 0.2) is 12.4 Å². The van der Waals surface area contributed by atoms with E-state index in [1.165, 1.54) is 30.3 Å². The molecule has 1 N–H and O–H groups in total. The summed E-state index contributed by atoms with van der Waals surface area (Å²) >= 11 is 0. The zero-order valence-electron chi connectivity index (χ0n) is 14.5. The Hall–Kier alpha value is -3.56. The minimum absolute atomic E-state index is 0.0508. The van der Waals surface area contributed by atoms with Gasteiger partial charge in [0.2, 0.25) is 0 Å². The van der Waals surface area contributed by atoms with Gasteiger partial charge < -0.3 is 19.5 Å². The highest BCUT2D eigenvalue weighted by Crippen LogP contribution is 2.30. The van der Waals surface area contributed by atoms with E-state index in [-0.39, 0.29) is 29.4 Å². The number of carbonyl (C=O) groups is 2. The summed E-state index contributed by atoms with van der Waals surface area (Å²) in [5.74, 6) is -1.26. The number of nitrogens with one attached hydrogen (secondary N) is 1. The minimum atomic E-state index is -3.20. The van der Waals surface area contributed by atoms with E-state index in [1.54, 1.807) is 0 Å². The van der Waals surface area contributed by atoms with Crippen molar-refractivity contribution in [1.82, 2.24) is 0 Å². The third-order valence-corrected chi connectivity index (χ3v) is 3.74. The van der Waals surface area contributed by atoms with Gasteiger partial charge in [0.25, 0.3) is 5.91 Å². The molecule has 1 heterocycles. The summed E-state index contributed by atoms with van der Waals surface area (Å²) in [6.07, 6.45) is 2.29. The molecule has 29 heavy (non-hydrogen) atoms. The highest BCUT2D eigenvalue weighted by atomic mass is 19.3. The normalized spacial score (nSPS) is 13.2. The van der Waals surface area contributed by atoms with Gasteiger partial charge in [-0.05, 0) is 42.5 Å². The smallest absolute Gasteiger partial charge is 0.387 e. The zero-order chi connectivity index (χ0) is 21.0. The second-order valence-electron chi connectivity index (χ2n) is 5.70. The first-order valence-corrected chi connectivity index (χ1v) is 8.14. The van der Waals surface area contributed by atoms with Crippen LogP contribution in [0.2, 0.25) is 0 Å². The van der Waals surface area contributed by atoms with Crippen molar-refractivity contribution in [3.05, 3.63) is 53.6 Å². The van der Waals surface area contributed by atoms with Crippen LogP contribution in [-0.4, -0.2) is 31.5 Å². The summed E-state index contributed by atoms with van der Waals surface area (Å²) in [5, 5.41) is 2.56. The first-order chi connectivity index (χ1) is 13.8. The van der Waals surface area contributed by atoms with Gasteiger partial charge in [-0.3, -0.25) is 9.59 Å². The monoisotopic (exact) mass is 411 g/mol. The first kappa shape index (κ1) is 20.2. The summed E-state index contributed by atoms with van der Waals surface area (Å²) in [7, 11) is 0. The number of hydrogen-bond acceptors (Lipinski definition) is 5. The molecule has 0 unspecified atom stereocenters. The van der Waals surface area contributed by atoms with Gasteiger partial charge in [0.1, 0.15) is 17.2 Å². The number of ketones is 1. The summed E-state index contributed by atoms with van der Waals surface area (Å²) in [4.78, 5) is 23.7. The largest absolute Gasteiger partial charge is 0.482 e. The SMILES string of the molecule is O=C1COc2ccc(C(=O)C=Cc3ccc(OC(F)F)cc3OC(F)F)cc2N1. The van der Waals surface area contributed by atoms with Crippen molar-refractivity contribution in [2.75, 3.05) is 11.9 Å². The molecule has 0 atom stereocenters. The van der Waals surface area contributed by atoms with Crippen LogP contribution in [0, 0.1) is 0 Å². The summed E-state index contributed by atoms with van der Waals surface area (Å²) < 4.78 is 63.5. The Labute approximate surface area is 161 Å². The summed E-state index contributed by atoms with van der Waals surface area (Å²) in [6.45, 7) is -6.46. The summed E-state index contributed by atoms with van der Waals surface area (Å²) in [5.41, 5.74) is 0.588. The molecule has 2 aromatic rings. The predicted octanol–water partition coefficient (Wildman–Crippen LogP) is 4.12. The van der Waals surface area contributed by atoms with E-state index >= 15 is 0 Å². The molecular weight excluding hydrogens is 398 g/mol. The molecular formula is C19H13F4NO5. The molecule has 0 saturated carbocycles. The number of carbonyl (C=O) groups excluding carboxylic acids is 2. The van der Waals surface area contributed by atoms with Crippen LogP contribution in [0.15, 0.2) is 42.5 Å². The molecule has 1 aliphatic heterocycles. The Bertz CT molecular complexity index is 962. The van der Waals surface area contributed by atoms with Crippen molar-refractivity contribution < 1.29 is 41.4 Å².